The number of benzene rings is 3. The molecule has 1 N–H and O–H groups in total. The van der Waals surface area contributed by atoms with Gasteiger partial charge >= 0.3 is 0 Å². The maximum atomic E-state index is 13.8. The van der Waals surface area contributed by atoms with Crippen molar-refractivity contribution in [3.8, 4) is 5.75 Å². The highest BCUT2D eigenvalue weighted by Crippen LogP contribution is 2.33. The van der Waals surface area contributed by atoms with Gasteiger partial charge in [0.1, 0.15) is 18.2 Å². The fourth-order valence-electron chi connectivity index (χ4n) is 2.43. The van der Waals surface area contributed by atoms with E-state index in [0.717, 1.165) is 11.3 Å². The maximum absolute atomic E-state index is 13.8. The van der Waals surface area contributed by atoms with Gasteiger partial charge < -0.3 is 10.1 Å². The monoisotopic (exact) mass is 375 g/mol. The molecule has 0 aromatic heterocycles. The number of ether oxygens (including phenoxy) is 1. The predicted octanol–water partition coefficient (Wildman–Crippen LogP) is 6.32. The third-order valence-corrected chi connectivity index (χ3v) is 4.17. The van der Waals surface area contributed by atoms with E-state index in [1.54, 1.807) is 30.3 Å². The van der Waals surface area contributed by atoms with Crippen molar-refractivity contribution in [3.63, 3.8) is 0 Å². The molecule has 3 aromatic carbocycles. The van der Waals surface area contributed by atoms with Crippen molar-refractivity contribution in [1.82, 2.24) is 0 Å². The standard InChI is InChI=1S/C20H16Cl2FNO/c21-16-10-15(12-24-17-7-2-1-3-8-17)20(18(22)11-16)25-13-14-6-4-5-9-19(14)23/h1-11,24H,12-13H2. The van der Waals surface area contributed by atoms with Gasteiger partial charge in [0, 0.05) is 28.4 Å². The van der Waals surface area contributed by atoms with Crippen LogP contribution in [0.3, 0.4) is 0 Å². The lowest BCUT2D eigenvalue weighted by Crippen LogP contribution is -2.05. The number of hydrogen-bond acceptors (Lipinski definition) is 2. The fourth-order valence-corrected chi connectivity index (χ4v) is 3.02. The Morgan fingerprint density at radius 2 is 1.60 bits per heavy atom. The molecule has 0 unspecified atom stereocenters. The summed E-state index contributed by atoms with van der Waals surface area (Å²) in [6.45, 7) is 0.573. The highest BCUT2D eigenvalue weighted by atomic mass is 35.5. The summed E-state index contributed by atoms with van der Waals surface area (Å²) in [5.74, 6) is 0.189. The van der Waals surface area contributed by atoms with Crippen LogP contribution in [0.15, 0.2) is 66.7 Å². The van der Waals surface area contributed by atoms with Gasteiger partial charge in [0.25, 0.3) is 0 Å². The molecule has 0 heterocycles. The third-order valence-electron chi connectivity index (χ3n) is 3.67. The Morgan fingerprint density at radius 1 is 0.880 bits per heavy atom. The van der Waals surface area contributed by atoms with Crippen molar-refractivity contribution in [1.29, 1.82) is 0 Å². The SMILES string of the molecule is Fc1ccccc1COc1c(Cl)cc(Cl)cc1CNc1ccccc1. The molecule has 0 saturated carbocycles. The summed E-state index contributed by atoms with van der Waals surface area (Å²) in [5.41, 5.74) is 2.24. The van der Waals surface area contributed by atoms with Crippen LogP contribution in [0.2, 0.25) is 10.0 Å². The average Bonchev–Trinajstić information content (AvgIpc) is 2.61. The summed E-state index contributed by atoms with van der Waals surface area (Å²) in [5, 5.41) is 4.21. The summed E-state index contributed by atoms with van der Waals surface area (Å²) in [7, 11) is 0. The lowest BCUT2D eigenvalue weighted by atomic mass is 10.2. The fraction of sp³-hybridized carbons (Fsp3) is 0.100. The molecular formula is C20H16Cl2FNO. The quantitative estimate of drug-likeness (QED) is 0.543. The Morgan fingerprint density at radius 3 is 2.36 bits per heavy atom. The molecule has 5 heteroatoms. The summed E-state index contributed by atoms with van der Waals surface area (Å²) >= 11 is 12.4. The minimum absolute atomic E-state index is 0.0896. The molecule has 0 aliphatic heterocycles. The Kier molecular flexibility index (Phi) is 5.79. The van der Waals surface area contributed by atoms with E-state index in [0.29, 0.717) is 27.9 Å². The molecule has 25 heavy (non-hydrogen) atoms. The molecule has 128 valence electrons. The molecule has 0 spiro atoms. The zero-order chi connectivity index (χ0) is 17.6. The van der Waals surface area contributed by atoms with E-state index in [1.165, 1.54) is 6.07 Å². The minimum atomic E-state index is -0.309. The first kappa shape index (κ1) is 17.6. The van der Waals surface area contributed by atoms with Crippen molar-refractivity contribution in [2.24, 2.45) is 0 Å². The van der Waals surface area contributed by atoms with E-state index >= 15 is 0 Å². The van der Waals surface area contributed by atoms with Crippen LogP contribution in [0.25, 0.3) is 0 Å². The summed E-state index contributed by atoms with van der Waals surface area (Å²) in [4.78, 5) is 0. The van der Waals surface area contributed by atoms with Gasteiger partial charge in [0.05, 0.1) is 5.02 Å². The van der Waals surface area contributed by atoms with Gasteiger partial charge in [-0.25, -0.2) is 4.39 Å². The third kappa shape index (κ3) is 4.65. The number of halogens is 3. The van der Waals surface area contributed by atoms with E-state index in [1.807, 2.05) is 30.3 Å². The molecule has 0 atom stereocenters. The Balaban J connectivity index is 1.79. The molecule has 0 amide bonds. The van der Waals surface area contributed by atoms with Crippen LogP contribution in [-0.2, 0) is 13.2 Å². The van der Waals surface area contributed by atoms with Crippen LogP contribution in [0.4, 0.5) is 10.1 Å². The number of anilines is 1. The lowest BCUT2D eigenvalue weighted by molar-refractivity contribution is 0.297. The van der Waals surface area contributed by atoms with E-state index in [2.05, 4.69) is 5.32 Å². The molecule has 0 saturated heterocycles. The second-order valence-corrected chi connectivity index (χ2v) is 6.32. The second-order valence-electron chi connectivity index (χ2n) is 5.48. The first-order valence-corrected chi connectivity index (χ1v) is 8.52. The van der Waals surface area contributed by atoms with Crippen LogP contribution < -0.4 is 10.1 Å². The highest BCUT2D eigenvalue weighted by molar-refractivity contribution is 6.35. The van der Waals surface area contributed by atoms with Gasteiger partial charge in [0.2, 0.25) is 0 Å². The van der Waals surface area contributed by atoms with Crippen LogP contribution in [0, 0.1) is 5.82 Å². The van der Waals surface area contributed by atoms with E-state index in [4.69, 9.17) is 27.9 Å². The van der Waals surface area contributed by atoms with Gasteiger partial charge in [0.15, 0.2) is 0 Å². The highest BCUT2D eigenvalue weighted by Gasteiger charge is 2.12. The smallest absolute Gasteiger partial charge is 0.143 e. The van der Waals surface area contributed by atoms with Crippen molar-refractivity contribution < 1.29 is 9.13 Å². The van der Waals surface area contributed by atoms with Gasteiger partial charge in [-0.2, -0.15) is 0 Å². The Bertz CT molecular complexity index is 856. The lowest BCUT2D eigenvalue weighted by Gasteiger charge is -2.15. The topological polar surface area (TPSA) is 21.3 Å². The molecule has 0 aliphatic carbocycles. The molecule has 0 radical (unpaired) electrons. The van der Waals surface area contributed by atoms with Crippen LogP contribution in [0.1, 0.15) is 11.1 Å². The number of para-hydroxylation sites is 1. The van der Waals surface area contributed by atoms with Crippen molar-refractivity contribution in [2.45, 2.75) is 13.2 Å². The van der Waals surface area contributed by atoms with Crippen LogP contribution in [0.5, 0.6) is 5.75 Å². The second kappa shape index (κ2) is 8.24. The van der Waals surface area contributed by atoms with Crippen LogP contribution >= 0.6 is 23.2 Å². The zero-order valence-corrected chi connectivity index (χ0v) is 14.8. The van der Waals surface area contributed by atoms with Gasteiger partial charge in [-0.05, 0) is 30.3 Å². The van der Waals surface area contributed by atoms with Crippen LogP contribution in [-0.4, -0.2) is 0 Å². The Labute approximate surface area is 156 Å². The van der Waals surface area contributed by atoms with E-state index in [-0.39, 0.29) is 12.4 Å². The predicted molar refractivity (Wildman–Crippen MR) is 101 cm³/mol. The molecule has 2 nitrogen and oxygen atoms in total. The van der Waals surface area contributed by atoms with Gasteiger partial charge in [-0.3, -0.25) is 0 Å². The van der Waals surface area contributed by atoms with E-state index < -0.39 is 0 Å². The normalized spacial score (nSPS) is 10.5. The molecule has 0 aliphatic rings. The van der Waals surface area contributed by atoms with E-state index in [9.17, 15) is 4.39 Å². The molecule has 0 bridgehead atoms. The number of nitrogens with one attached hydrogen (secondary N) is 1. The number of rotatable bonds is 6. The molecule has 3 aromatic rings. The van der Waals surface area contributed by atoms with Gasteiger partial charge in [-0.1, -0.05) is 59.6 Å². The zero-order valence-electron chi connectivity index (χ0n) is 13.3. The summed E-state index contributed by atoms with van der Waals surface area (Å²) < 4.78 is 19.6. The molecule has 0 fully saturated rings. The number of hydrogen-bond donors (Lipinski definition) is 1. The molecular weight excluding hydrogens is 360 g/mol. The Hall–Kier alpha value is -2.23. The minimum Gasteiger partial charge on any atom is -0.487 e. The first-order chi connectivity index (χ1) is 12.1. The average molecular weight is 376 g/mol. The first-order valence-electron chi connectivity index (χ1n) is 7.76. The van der Waals surface area contributed by atoms with Gasteiger partial charge in [-0.15, -0.1) is 0 Å². The maximum Gasteiger partial charge on any atom is 0.143 e. The van der Waals surface area contributed by atoms with Crippen molar-refractivity contribution >= 4 is 28.9 Å². The summed E-state index contributed by atoms with van der Waals surface area (Å²) in [6, 6.07) is 19.7. The molecule has 3 rings (SSSR count). The van der Waals surface area contributed by atoms with Crippen molar-refractivity contribution in [2.75, 3.05) is 5.32 Å². The largest absolute Gasteiger partial charge is 0.487 e. The van der Waals surface area contributed by atoms with Crippen molar-refractivity contribution in [3.05, 3.63) is 93.7 Å². The summed E-state index contributed by atoms with van der Waals surface area (Å²) in [6.07, 6.45) is 0.